The maximum Gasteiger partial charge on any atom is 0.408 e. The smallest absolute Gasteiger partial charge is 0.408 e. The Morgan fingerprint density at radius 3 is 2.76 bits per heavy atom. The van der Waals surface area contributed by atoms with E-state index < -0.39 is 18.2 Å². The number of hydrogen-bond donors (Lipinski definition) is 2. The number of rotatable bonds is 6. The van der Waals surface area contributed by atoms with Crippen molar-refractivity contribution in [3.63, 3.8) is 0 Å². The van der Waals surface area contributed by atoms with E-state index in [1.165, 1.54) is 19.1 Å². The predicted octanol–water partition coefficient (Wildman–Crippen LogP) is 2.29. The first kappa shape index (κ1) is 18.9. The van der Waals surface area contributed by atoms with Gasteiger partial charge in [0, 0.05) is 13.7 Å². The summed E-state index contributed by atoms with van der Waals surface area (Å²) in [5, 5.41) is 12.2. The lowest BCUT2D eigenvalue weighted by Gasteiger charge is -2.28. The molecule has 1 aliphatic heterocycles. The van der Waals surface area contributed by atoms with Crippen LogP contribution in [0.15, 0.2) is 18.2 Å². The highest BCUT2D eigenvalue weighted by Crippen LogP contribution is 2.31. The van der Waals surface area contributed by atoms with E-state index in [1.807, 2.05) is 0 Å². The van der Waals surface area contributed by atoms with Crippen molar-refractivity contribution in [1.82, 2.24) is 10.2 Å². The molecule has 1 saturated heterocycles. The van der Waals surface area contributed by atoms with Crippen LogP contribution >= 0.6 is 0 Å². The minimum Gasteiger partial charge on any atom is -0.493 e. The van der Waals surface area contributed by atoms with Gasteiger partial charge in [-0.3, -0.25) is 9.69 Å². The van der Waals surface area contributed by atoms with E-state index in [4.69, 9.17) is 14.2 Å². The van der Waals surface area contributed by atoms with Crippen molar-refractivity contribution in [2.24, 2.45) is 0 Å². The molecule has 2 N–H and O–H groups in total. The minimum atomic E-state index is -1.03. The fraction of sp³-hybridized carbons (Fsp3) is 0.529. The molecule has 2 rings (SSSR count). The highest BCUT2D eigenvalue weighted by molar-refractivity contribution is 5.98. The summed E-state index contributed by atoms with van der Waals surface area (Å²) in [7, 11) is 2.96. The lowest BCUT2D eigenvalue weighted by Crippen LogP contribution is -2.50. The second-order valence-electron chi connectivity index (χ2n) is 5.70. The zero-order valence-corrected chi connectivity index (χ0v) is 14.5. The molecule has 0 aromatic heterocycles. The van der Waals surface area contributed by atoms with Crippen LogP contribution in [-0.2, 0) is 4.74 Å². The third-order valence-corrected chi connectivity index (χ3v) is 4.06. The number of nitrogens with zero attached hydrogens (tertiary/aromatic N) is 1. The van der Waals surface area contributed by atoms with Gasteiger partial charge in [-0.15, -0.1) is 0 Å². The Balaban J connectivity index is 2.22. The number of carboxylic acid groups (broad SMARTS) is 1. The van der Waals surface area contributed by atoms with Crippen LogP contribution in [0, 0.1) is 0 Å². The number of benzene rings is 1. The van der Waals surface area contributed by atoms with E-state index in [0.29, 0.717) is 18.7 Å². The summed E-state index contributed by atoms with van der Waals surface area (Å²) in [4.78, 5) is 25.5. The number of likely N-dealkylation sites (tertiary alicyclic amines) is 1. The van der Waals surface area contributed by atoms with Crippen molar-refractivity contribution in [1.29, 1.82) is 0 Å². The van der Waals surface area contributed by atoms with Gasteiger partial charge in [-0.2, -0.15) is 0 Å². The van der Waals surface area contributed by atoms with Gasteiger partial charge in [-0.25, -0.2) is 4.79 Å². The van der Waals surface area contributed by atoms with Crippen LogP contribution in [0.3, 0.4) is 0 Å². The van der Waals surface area contributed by atoms with Crippen molar-refractivity contribution in [2.45, 2.75) is 31.8 Å². The second kappa shape index (κ2) is 9.12. The topological polar surface area (TPSA) is 97.3 Å². The Kier molecular flexibility index (Phi) is 6.88. The standard InChI is InChI=1S/C17H24N2O6/c1-23-11-25-15-12(7-6-8-13(15)24-2)16(20)18-14-9-4-3-5-10-19(14)17(21)22/h6-8,14H,3-5,9-11H2,1-2H3,(H,18,20)(H,21,22). The lowest BCUT2D eigenvalue weighted by atomic mass is 10.1. The molecule has 138 valence electrons. The Morgan fingerprint density at radius 2 is 2.08 bits per heavy atom. The van der Waals surface area contributed by atoms with Gasteiger partial charge in [-0.05, 0) is 31.4 Å². The molecule has 0 radical (unpaired) electrons. The zero-order valence-electron chi connectivity index (χ0n) is 14.5. The maximum absolute atomic E-state index is 12.7. The lowest BCUT2D eigenvalue weighted by molar-refractivity contribution is 0.0478. The van der Waals surface area contributed by atoms with Crippen LogP contribution in [0.4, 0.5) is 4.79 Å². The molecule has 2 amide bonds. The molecule has 1 aromatic rings. The van der Waals surface area contributed by atoms with Gasteiger partial charge < -0.3 is 24.6 Å². The van der Waals surface area contributed by atoms with Crippen LogP contribution in [0.1, 0.15) is 36.0 Å². The van der Waals surface area contributed by atoms with Crippen LogP contribution in [-0.4, -0.2) is 55.7 Å². The van der Waals surface area contributed by atoms with Crippen molar-refractivity contribution < 1.29 is 28.9 Å². The molecular formula is C17H24N2O6. The molecule has 0 saturated carbocycles. The Labute approximate surface area is 146 Å². The Bertz CT molecular complexity index is 607. The van der Waals surface area contributed by atoms with Crippen LogP contribution in [0.2, 0.25) is 0 Å². The summed E-state index contributed by atoms with van der Waals surface area (Å²) in [6.45, 7) is 0.372. The number of carbonyl (C=O) groups is 2. The normalized spacial score (nSPS) is 17.5. The van der Waals surface area contributed by atoms with Crippen molar-refractivity contribution in [3.05, 3.63) is 23.8 Å². The summed E-state index contributed by atoms with van der Waals surface area (Å²) >= 11 is 0. The molecular weight excluding hydrogens is 328 g/mol. The van der Waals surface area contributed by atoms with E-state index in [1.54, 1.807) is 18.2 Å². The van der Waals surface area contributed by atoms with E-state index in [-0.39, 0.29) is 18.1 Å². The molecule has 1 heterocycles. The maximum atomic E-state index is 12.7. The van der Waals surface area contributed by atoms with Gasteiger partial charge >= 0.3 is 6.09 Å². The summed E-state index contributed by atoms with van der Waals surface area (Å²) in [5.41, 5.74) is 0.269. The zero-order chi connectivity index (χ0) is 18.2. The largest absolute Gasteiger partial charge is 0.493 e. The number of para-hydroxylation sites is 1. The van der Waals surface area contributed by atoms with Gasteiger partial charge in [0.05, 0.1) is 12.7 Å². The van der Waals surface area contributed by atoms with E-state index in [0.717, 1.165) is 19.3 Å². The van der Waals surface area contributed by atoms with Crippen LogP contribution < -0.4 is 14.8 Å². The Morgan fingerprint density at radius 1 is 1.28 bits per heavy atom. The first-order chi connectivity index (χ1) is 12.1. The van der Waals surface area contributed by atoms with E-state index >= 15 is 0 Å². The molecule has 0 aliphatic carbocycles. The van der Waals surface area contributed by atoms with Crippen molar-refractivity contribution in [3.8, 4) is 11.5 Å². The molecule has 1 aliphatic rings. The first-order valence-electron chi connectivity index (χ1n) is 8.17. The van der Waals surface area contributed by atoms with Crippen LogP contribution in [0.5, 0.6) is 11.5 Å². The summed E-state index contributed by atoms with van der Waals surface area (Å²) < 4.78 is 15.6. The third kappa shape index (κ3) is 4.76. The Hall–Kier alpha value is -2.48. The molecule has 1 atom stereocenters. The van der Waals surface area contributed by atoms with Crippen molar-refractivity contribution >= 4 is 12.0 Å². The minimum absolute atomic E-state index is 0.0364. The van der Waals surface area contributed by atoms with E-state index in [9.17, 15) is 14.7 Å². The average Bonchev–Trinajstić information content (AvgIpc) is 2.85. The predicted molar refractivity (Wildman–Crippen MR) is 90.0 cm³/mol. The first-order valence-corrected chi connectivity index (χ1v) is 8.17. The second-order valence-corrected chi connectivity index (χ2v) is 5.70. The third-order valence-electron chi connectivity index (χ3n) is 4.06. The number of hydrogen-bond acceptors (Lipinski definition) is 5. The molecule has 25 heavy (non-hydrogen) atoms. The molecule has 0 spiro atoms. The van der Waals surface area contributed by atoms with Gasteiger partial charge in [-0.1, -0.05) is 12.5 Å². The number of nitrogens with one attached hydrogen (secondary N) is 1. The molecule has 1 aromatic carbocycles. The molecule has 1 unspecified atom stereocenters. The number of amides is 2. The fourth-order valence-corrected chi connectivity index (χ4v) is 2.84. The highest BCUT2D eigenvalue weighted by atomic mass is 16.7. The van der Waals surface area contributed by atoms with Gasteiger partial charge in [0.15, 0.2) is 18.3 Å². The number of carbonyl (C=O) groups excluding carboxylic acids is 1. The highest BCUT2D eigenvalue weighted by Gasteiger charge is 2.28. The van der Waals surface area contributed by atoms with Gasteiger partial charge in [0.25, 0.3) is 5.91 Å². The fourth-order valence-electron chi connectivity index (χ4n) is 2.84. The monoisotopic (exact) mass is 352 g/mol. The summed E-state index contributed by atoms with van der Waals surface area (Å²) in [6.07, 6.45) is 1.58. The molecule has 8 nitrogen and oxygen atoms in total. The van der Waals surface area contributed by atoms with E-state index in [2.05, 4.69) is 5.32 Å². The molecule has 1 fully saturated rings. The summed E-state index contributed by atoms with van der Waals surface area (Å²) in [5.74, 6) is 0.253. The van der Waals surface area contributed by atoms with Gasteiger partial charge in [0.2, 0.25) is 0 Å². The number of ether oxygens (including phenoxy) is 3. The van der Waals surface area contributed by atoms with Crippen molar-refractivity contribution in [2.75, 3.05) is 27.6 Å². The quantitative estimate of drug-likeness (QED) is 0.763. The average molecular weight is 352 g/mol. The van der Waals surface area contributed by atoms with Gasteiger partial charge in [0.1, 0.15) is 6.17 Å². The van der Waals surface area contributed by atoms with Crippen LogP contribution in [0.25, 0.3) is 0 Å². The molecule has 0 bridgehead atoms. The number of methoxy groups -OCH3 is 2. The SMILES string of the molecule is COCOc1c(OC)cccc1C(=O)NC1CCCCCN1C(=O)O. The molecule has 8 heteroatoms. The summed E-state index contributed by atoms with van der Waals surface area (Å²) in [6, 6.07) is 4.96.